The Hall–Kier alpha value is -1.38. The molecule has 0 heterocycles. The molecule has 1 N–H and O–H groups in total. The number of nitroso groups, excluding NO2 is 1. The van der Waals surface area contributed by atoms with Gasteiger partial charge < -0.3 is 5.32 Å². The molecular weight excluding hydrogens is 427 g/mol. The molecule has 0 radical (unpaired) electrons. The van der Waals surface area contributed by atoms with Crippen molar-refractivity contribution in [1.29, 1.82) is 0 Å². The van der Waals surface area contributed by atoms with E-state index in [4.69, 9.17) is 0 Å². The first-order valence-corrected chi connectivity index (χ1v) is 10.6. The number of amides is 1. The predicted octanol–water partition coefficient (Wildman–Crippen LogP) is 4.82. The Morgan fingerprint density at radius 2 is 2.00 bits per heavy atom. The van der Waals surface area contributed by atoms with Gasteiger partial charge in [-0.2, -0.15) is 0 Å². The standard InChI is InChI=1S/C17H16BrFN2O2S2/c18-13-3-1-2-12(10-13)11-16(21-23)17(22)20-8-9-24-25-15-6-4-14(19)5-7-15/h1-7,10,16H,8-9,11H2,(H,20,22). The number of rotatable bonds is 9. The summed E-state index contributed by atoms with van der Waals surface area (Å²) >= 11 is 3.36. The Morgan fingerprint density at radius 1 is 1.24 bits per heavy atom. The van der Waals surface area contributed by atoms with E-state index < -0.39 is 6.04 Å². The van der Waals surface area contributed by atoms with Crippen LogP contribution in [0.3, 0.4) is 0 Å². The van der Waals surface area contributed by atoms with E-state index in [1.54, 1.807) is 22.9 Å². The summed E-state index contributed by atoms with van der Waals surface area (Å²) in [7, 11) is 3.05. The maximum atomic E-state index is 12.8. The number of nitrogens with zero attached hydrogens (tertiary/aromatic N) is 1. The fourth-order valence-electron chi connectivity index (χ4n) is 2.00. The van der Waals surface area contributed by atoms with E-state index in [1.807, 2.05) is 24.3 Å². The third-order valence-electron chi connectivity index (χ3n) is 3.20. The third kappa shape index (κ3) is 7.17. The minimum absolute atomic E-state index is 0.264. The number of nitrogens with one attached hydrogen (secondary N) is 1. The summed E-state index contributed by atoms with van der Waals surface area (Å²) in [6.45, 7) is 0.433. The van der Waals surface area contributed by atoms with Crippen LogP contribution in [0.1, 0.15) is 5.56 Å². The molecular formula is C17H16BrFN2O2S2. The van der Waals surface area contributed by atoms with Gasteiger partial charge in [0.1, 0.15) is 5.82 Å². The molecule has 132 valence electrons. The summed E-state index contributed by atoms with van der Waals surface area (Å²) in [5, 5.41) is 5.67. The minimum Gasteiger partial charge on any atom is -0.353 e. The fraction of sp³-hybridized carbons (Fsp3) is 0.235. The van der Waals surface area contributed by atoms with Crippen LogP contribution in [0.2, 0.25) is 0 Å². The Morgan fingerprint density at radius 3 is 2.68 bits per heavy atom. The van der Waals surface area contributed by atoms with Crippen LogP contribution in [-0.2, 0) is 11.2 Å². The van der Waals surface area contributed by atoms with Crippen molar-refractivity contribution in [3.63, 3.8) is 0 Å². The molecule has 8 heteroatoms. The van der Waals surface area contributed by atoms with Crippen molar-refractivity contribution in [2.45, 2.75) is 17.4 Å². The fourth-order valence-corrected chi connectivity index (χ4v) is 4.34. The molecule has 1 atom stereocenters. The normalized spacial score (nSPS) is 11.8. The molecule has 25 heavy (non-hydrogen) atoms. The number of carbonyl (C=O) groups is 1. The highest BCUT2D eigenvalue weighted by Gasteiger charge is 2.19. The zero-order chi connectivity index (χ0) is 18.1. The second-order valence-electron chi connectivity index (χ2n) is 5.11. The van der Waals surface area contributed by atoms with Crippen LogP contribution in [0.15, 0.2) is 63.1 Å². The summed E-state index contributed by atoms with van der Waals surface area (Å²) < 4.78 is 13.7. The van der Waals surface area contributed by atoms with E-state index in [1.165, 1.54) is 22.9 Å². The summed E-state index contributed by atoms with van der Waals surface area (Å²) in [5.74, 6) is 0.0257. The lowest BCUT2D eigenvalue weighted by Gasteiger charge is -2.10. The predicted molar refractivity (Wildman–Crippen MR) is 105 cm³/mol. The van der Waals surface area contributed by atoms with Gasteiger partial charge in [-0.25, -0.2) is 4.39 Å². The highest BCUT2D eigenvalue weighted by atomic mass is 79.9. The quantitative estimate of drug-likeness (QED) is 0.343. The first-order valence-electron chi connectivity index (χ1n) is 7.48. The molecule has 0 aliphatic rings. The topological polar surface area (TPSA) is 58.5 Å². The van der Waals surface area contributed by atoms with Gasteiger partial charge in [0.15, 0.2) is 6.04 Å². The molecule has 0 saturated heterocycles. The monoisotopic (exact) mass is 442 g/mol. The molecule has 0 fully saturated rings. The van der Waals surface area contributed by atoms with E-state index in [-0.39, 0.29) is 18.1 Å². The molecule has 0 aliphatic heterocycles. The van der Waals surface area contributed by atoms with Gasteiger partial charge in [-0.1, -0.05) is 54.8 Å². The van der Waals surface area contributed by atoms with Gasteiger partial charge in [-0.15, -0.1) is 4.91 Å². The van der Waals surface area contributed by atoms with Crippen molar-refractivity contribution >= 4 is 43.4 Å². The summed E-state index contributed by atoms with van der Waals surface area (Å²) in [6, 6.07) is 12.7. The maximum Gasteiger partial charge on any atom is 0.248 e. The van der Waals surface area contributed by atoms with Crippen LogP contribution in [0.25, 0.3) is 0 Å². The van der Waals surface area contributed by atoms with E-state index in [0.29, 0.717) is 12.3 Å². The molecule has 1 amide bonds. The molecule has 0 aliphatic carbocycles. The van der Waals surface area contributed by atoms with Gasteiger partial charge in [0.05, 0.1) is 0 Å². The summed E-state index contributed by atoms with van der Waals surface area (Å²) in [5.41, 5.74) is 0.871. The van der Waals surface area contributed by atoms with Crippen molar-refractivity contribution in [2.24, 2.45) is 5.18 Å². The SMILES string of the molecule is O=NC(Cc1cccc(Br)c1)C(=O)NCCSSc1ccc(F)cc1. The lowest BCUT2D eigenvalue weighted by molar-refractivity contribution is -0.122. The number of carbonyl (C=O) groups excluding carboxylic acids is 1. The van der Waals surface area contributed by atoms with Crippen molar-refractivity contribution < 1.29 is 9.18 Å². The lowest BCUT2D eigenvalue weighted by Crippen LogP contribution is -2.35. The Bertz CT molecular complexity index is 716. The van der Waals surface area contributed by atoms with Crippen LogP contribution >= 0.6 is 37.5 Å². The number of hydrogen-bond donors (Lipinski definition) is 1. The first kappa shape index (κ1) is 19.9. The van der Waals surface area contributed by atoms with E-state index in [0.717, 1.165) is 14.9 Å². The highest BCUT2D eigenvalue weighted by molar-refractivity contribution is 9.10. The molecule has 2 aromatic carbocycles. The van der Waals surface area contributed by atoms with Crippen molar-refractivity contribution in [2.75, 3.05) is 12.3 Å². The van der Waals surface area contributed by atoms with Gasteiger partial charge in [0.2, 0.25) is 5.91 Å². The number of benzene rings is 2. The lowest BCUT2D eigenvalue weighted by atomic mass is 10.1. The third-order valence-corrected chi connectivity index (χ3v) is 6.08. The molecule has 0 spiro atoms. The average molecular weight is 443 g/mol. The Kier molecular flexibility index (Phi) is 8.43. The molecule has 2 aromatic rings. The Labute approximate surface area is 161 Å². The van der Waals surface area contributed by atoms with Crippen molar-refractivity contribution in [1.82, 2.24) is 5.32 Å². The van der Waals surface area contributed by atoms with Gasteiger partial charge in [0, 0.05) is 28.1 Å². The summed E-state index contributed by atoms with van der Waals surface area (Å²) in [4.78, 5) is 24.0. The molecule has 0 aromatic heterocycles. The first-order chi connectivity index (χ1) is 12.1. The van der Waals surface area contributed by atoms with Crippen molar-refractivity contribution in [3.8, 4) is 0 Å². The van der Waals surface area contributed by atoms with Gasteiger partial charge in [-0.3, -0.25) is 4.79 Å². The average Bonchev–Trinajstić information content (AvgIpc) is 2.61. The number of hydrogen-bond acceptors (Lipinski definition) is 5. The molecule has 4 nitrogen and oxygen atoms in total. The van der Waals surface area contributed by atoms with Gasteiger partial charge >= 0.3 is 0 Å². The van der Waals surface area contributed by atoms with E-state index in [2.05, 4.69) is 26.4 Å². The number of halogens is 2. The highest BCUT2D eigenvalue weighted by Crippen LogP contribution is 2.30. The second-order valence-corrected chi connectivity index (χ2v) is 8.51. The largest absolute Gasteiger partial charge is 0.353 e. The molecule has 0 bridgehead atoms. The Balaban J connectivity index is 1.70. The van der Waals surface area contributed by atoms with Crippen LogP contribution in [-0.4, -0.2) is 24.2 Å². The smallest absolute Gasteiger partial charge is 0.248 e. The van der Waals surface area contributed by atoms with E-state index in [9.17, 15) is 14.1 Å². The zero-order valence-corrected chi connectivity index (χ0v) is 16.4. The second kappa shape index (κ2) is 10.6. The van der Waals surface area contributed by atoms with Gasteiger partial charge in [0.25, 0.3) is 0 Å². The van der Waals surface area contributed by atoms with Crippen LogP contribution in [0.4, 0.5) is 4.39 Å². The zero-order valence-electron chi connectivity index (χ0n) is 13.2. The van der Waals surface area contributed by atoms with Crippen molar-refractivity contribution in [3.05, 3.63) is 69.3 Å². The maximum absolute atomic E-state index is 12.8. The molecule has 1 unspecified atom stereocenters. The molecule has 0 saturated carbocycles. The van der Waals surface area contributed by atoms with Crippen LogP contribution in [0.5, 0.6) is 0 Å². The summed E-state index contributed by atoms with van der Waals surface area (Å²) in [6.07, 6.45) is 0.270. The van der Waals surface area contributed by atoms with Gasteiger partial charge in [-0.05, 0) is 42.0 Å². The van der Waals surface area contributed by atoms with Crippen LogP contribution < -0.4 is 5.32 Å². The molecule has 2 rings (SSSR count). The van der Waals surface area contributed by atoms with E-state index >= 15 is 0 Å². The van der Waals surface area contributed by atoms with Crippen LogP contribution in [0, 0.1) is 10.7 Å². The minimum atomic E-state index is -0.941.